The minimum Gasteiger partial charge on any atom is -0.490 e. The van der Waals surface area contributed by atoms with Crippen LogP contribution in [0.4, 0.5) is 4.79 Å². The molecule has 0 bridgehead atoms. The fourth-order valence-electron chi connectivity index (χ4n) is 3.51. The van der Waals surface area contributed by atoms with Gasteiger partial charge in [-0.05, 0) is 69.9 Å². The van der Waals surface area contributed by atoms with Crippen LogP contribution < -0.4 is 14.8 Å². The summed E-state index contributed by atoms with van der Waals surface area (Å²) in [6.07, 6.45) is 1.61. The summed E-state index contributed by atoms with van der Waals surface area (Å²) in [7, 11) is 0. The molecule has 3 aromatic carbocycles. The molecule has 0 radical (unpaired) electrons. The van der Waals surface area contributed by atoms with Crippen LogP contribution >= 0.6 is 39.1 Å². The monoisotopic (exact) mass is 574 g/mol. The van der Waals surface area contributed by atoms with Crippen molar-refractivity contribution in [2.45, 2.75) is 20.1 Å². The van der Waals surface area contributed by atoms with Crippen molar-refractivity contribution in [3.05, 3.63) is 97.6 Å². The minimum absolute atomic E-state index is 0.185. The molecular weight excluding hydrogens is 555 g/mol. The van der Waals surface area contributed by atoms with Crippen molar-refractivity contribution in [2.75, 3.05) is 6.61 Å². The van der Waals surface area contributed by atoms with Crippen LogP contribution in [0, 0.1) is 0 Å². The molecule has 1 fully saturated rings. The topological polar surface area (TPSA) is 67.9 Å². The number of amides is 3. The number of benzene rings is 3. The Morgan fingerprint density at radius 3 is 2.46 bits per heavy atom. The summed E-state index contributed by atoms with van der Waals surface area (Å²) in [6, 6.07) is 17.7. The van der Waals surface area contributed by atoms with Gasteiger partial charge in [-0.1, -0.05) is 59.6 Å². The van der Waals surface area contributed by atoms with Crippen LogP contribution in [0.1, 0.15) is 23.6 Å². The lowest BCUT2D eigenvalue weighted by Crippen LogP contribution is -2.30. The molecule has 0 aromatic heterocycles. The van der Waals surface area contributed by atoms with Crippen LogP contribution in [0.3, 0.4) is 0 Å². The Morgan fingerprint density at radius 2 is 1.74 bits per heavy atom. The van der Waals surface area contributed by atoms with Crippen LogP contribution in [0.2, 0.25) is 10.0 Å². The van der Waals surface area contributed by atoms with E-state index in [9.17, 15) is 9.59 Å². The summed E-state index contributed by atoms with van der Waals surface area (Å²) in [5.41, 5.74) is 2.55. The van der Waals surface area contributed by atoms with Crippen molar-refractivity contribution in [3.8, 4) is 11.5 Å². The number of nitrogens with zero attached hydrogens (tertiary/aromatic N) is 1. The first-order valence-corrected chi connectivity index (χ1v) is 12.3. The highest BCUT2D eigenvalue weighted by Crippen LogP contribution is 2.38. The average molecular weight is 576 g/mol. The Labute approximate surface area is 221 Å². The highest BCUT2D eigenvalue weighted by atomic mass is 79.9. The van der Waals surface area contributed by atoms with Gasteiger partial charge < -0.3 is 14.8 Å². The first-order chi connectivity index (χ1) is 16.9. The predicted octanol–water partition coefficient (Wildman–Crippen LogP) is 6.83. The smallest absolute Gasteiger partial charge is 0.329 e. The molecule has 3 aromatic rings. The zero-order valence-corrected chi connectivity index (χ0v) is 21.8. The molecule has 1 N–H and O–H groups in total. The summed E-state index contributed by atoms with van der Waals surface area (Å²) in [4.78, 5) is 26.5. The van der Waals surface area contributed by atoms with E-state index in [-0.39, 0.29) is 18.8 Å². The molecule has 3 amide bonds. The number of hydrogen-bond donors (Lipinski definition) is 1. The molecule has 4 rings (SSSR count). The normalized spacial score (nSPS) is 14.4. The molecule has 180 valence electrons. The zero-order valence-electron chi connectivity index (χ0n) is 18.7. The van der Waals surface area contributed by atoms with Crippen molar-refractivity contribution >= 4 is 57.1 Å². The molecular formula is C26H21BrCl2N2O4. The number of rotatable bonds is 8. The number of carbonyl (C=O) groups is 2. The molecule has 1 aliphatic rings. The van der Waals surface area contributed by atoms with Gasteiger partial charge in [0.2, 0.25) is 0 Å². The molecule has 0 saturated carbocycles. The summed E-state index contributed by atoms with van der Waals surface area (Å²) < 4.78 is 12.4. The van der Waals surface area contributed by atoms with E-state index in [4.69, 9.17) is 32.7 Å². The van der Waals surface area contributed by atoms with Gasteiger partial charge in [0, 0.05) is 0 Å². The van der Waals surface area contributed by atoms with Gasteiger partial charge in [0.25, 0.3) is 5.91 Å². The Balaban J connectivity index is 1.55. The van der Waals surface area contributed by atoms with Crippen LogP contribution in [-0.2, 0) is 17.9 Å². The van der Waals surface area contributed by atoms with E-state index in [0.29, 0.717) is 38.2 Å². The number of imide groups is 1. The van der Waals surface area contributed by atoms with Crippen molar-refractivity contribution in [1.82, 2.24) is 10.2 Å². The fourth-order valence-corrected chi connectivity index (χ4v) is 4.40. The zero-order chi connectivity index (χ0) is 24.9. The van der Waals surface area contributed by atoms with Gasteiger partial charge in [0.15, 0.2) is 11.5 Å². The third-order valence-electron chi connectivity index (χ3n) is 5.16. The standard InChI is InChI=1S/C26H21BrCl2N2O4/c1-2-34-23-13-18(10-19(27)24(23)35-15-17-8-9-20(28)21(29)11-17)12-22-25(32)31(26(33)30-22)14-16-6-4-3-5-7-16/h3-13H,2,14-15H2,1H3,(H,30,33)/b22-12+. The van der Waals surface area contributed by atoms with Crippen LogP contribution in [0.5, 0.6) is 11.5 Å². The summed E-state index contributed by atoms with van der Waals surface area (Å²) in [5.74, 6) is 0.604. The van der Waals surface area contributed by atoms with Crippen molar-refractivity contribution in [1.29, 1.82) is 0 Å². The second-order valence-electron chi connectivity index (χ2n) is 7.67. The molecule has 0 unspecified atom stereocenters. The Bertz CT molecular complexity index is 1300. The second-order valence-corrected chi connectivity index (χ2v) is 9.33. The average Bonchev–Trinajstić information content (AvgIpc) is 3.09. The van der Waals surface area contributed by atoms with Gasteiger partial charge in [-0.15, -0.1) is 0 Å². The third kappa shape index (κ3) is 5.99. The highest BCUT2D eigenvalue weighted by Gasteiger charge is 2.33. The van der Waals surface area contributed by atoms with Gasteiger partial charge in [0.05, 0.1) is 27.7 Å². The first-order valence-electron chi connectivity index (χ1n) is 10.8. The highest BCUT2D eigenvalue weighted by molar-refractivity contribution is 9.10. The lowest BCUT2D eigenvalue weighted by Gasteiger charge is -2.15. The van der Waals surface area contributed by atoms with Crippen molar-refractivity contribution in [2.24, 2.45) is 0 Å². The van der Waals surface area contributed by atoms with Gasteiger partial charge >= 0.3 is 6.03 Å². The molecule has 1 saturated heterocycles. The lowest BCUT2D eigenvalue weighted by molar-refractivity contribution is -0.123. The number of halogens is 3. The maximum Gasteiger partial charge on any atom is 0.329 e. The van der Waals surface area contributed by atoms with Gasteiger partial charge in [-0.2, -0.15) is 0 Å². The lowest BCUT2D eigenvalue weighted by atomic mass is 10.1. The summed E-state index contributed by atoms with van der Waals surface area (Å²) >= 11 is 15.6. The van der Waals surface area contributed by atoms with E-state index >= 15 is 0 Å². The third-order valence-corrected chi connectivity index (χ3v) is 6.48. The van der Waals surface area contributed by atoms with Crippen molar-refractivity contribution in [3.63, 3.8) is 0 Å². The Hall–Kier alpha value is -3.00. The summed E-state index contributed by atoms with van der Waals surface area (Å²) in [6.45, 7) is 2.72. The second kappa shape index (κ2) is 11.2. The van der Waals surface area contributed by atoms with E-state index in [2.05, 4.69) is 21.2 Å². The van der Waals surface area contributed by atoms with E-state index < -0.39 is 11.9 Å². The van der Waals surface area contributed by atoms with Crippen LogP contribution in [0.25, 0.3) is 6.08 Å². The first kappa shape index (κ1) is 25.1. The number of hydrogen-bond acceptors (Lipinski definition) is 4. The predicted molar refractivity (Wildman–Crippen MR) is 140 cm³/mol. The van der Waals surface area contributed by atoms with E-state index in [1.807, 2.05) is 43.3 Å². The van der Waals surface area contributed by atoms with E-state index in [1.54, 1.807) is 30.3 Å². The van der Waals surface area contributed by atoms with Gasteiger partial charge in [-0.25, -0.2) is 4.79 Å². The fraction of sp³-hybridized carbons (Fsp3) is 0.154. The molecule has 0 aliphatic carbocycles. The summed E-state index contributed by atoms with van der Waals surface area (Å²) in [5, 5.41) is 3.57. The number of ether oxygens (including phenoxy) is 2. The molecule has 0 spiro atoms. The Morgan fingerprint density at radius 1 is 0.971 bits per heavy atom. The van der Waals surface area contributed by atoms with Crippen LogP contribution in [-0.4, -0.2) is 23.4 Å². The maximum absolute atomic E-state index is 12.9. The maximum atomic E-state index is 12.9. The van der Waals surface area contributed by atoms with Gasteiger partial charge in [-0.3, -0.25) is 9.69 Å². The largest absolute Gasteiger partial charge is 0.490 e. The van der Waals surface area contributed by atoms with E-state index in [0.717, 1.165) is 11.1 Å². The molecule has 35 heavy (non-hydrogen) atoms. The SMILES string of the molecule is CCOc1cc(/C=C2/NC(=O)N(Cc3ccccc3)C2=O)cc(Br)c1OCc1ccc(Cl)c(Cl)c1. The number of nitrogens with one attached hydrogen (secondary N) is 1. The van der Waals surface area contributed by atoms with E-state index in [1.165, 1.54) is 4.90 Å². The van der Waals surface area contributed by atoms with Crippen molar-refractivity contribution < 1.29 is 19.1 Å². The molecule has 1 heterocycles. The van der Waals surface area contributed by atoms with Gasteiger partial charge in [0.1, 0.15) is 12.3 Å². The number of carbonyl (C=O) groups excluding carboxylic acids is 2. The quantitative estimate of drug-likeness (QED) is 0.236. The molecule has 1 aliphatic heterocycles. The molecule has 0 atom stereocenters. The minimum atomic E-state index is -0.462. The Kier molecular flexibility index (Phi) is 8.00. The molecule has 9 heteroatoms. The molecule has 6 nitrogen and oxygen atoms in total. The van der Waals surface area contributed by atoms with Crippen LogP contribution in [0.15, 0.2) is 70.8 Å². The number of urea groups is 1.